The van der Waals surface area contributed by atoms with Crippen molar-refractivity contribution < 1.29 is 38.1 Å². The highest BCUT2D eigenvalue weighted by molar-refractivity contribution is 6.18. The van der Waals surface area contributed by atoms with Gasteiger partial charge in [-0.15, -0.1) is 0 Å². The van der Waals surface area contributed by atoms with E-state index in [-0.39, 0.29) is 32.0 Å². The standard InChI is InChI=1S/C31H30O8/c1-3-36-27(32)23(2)19-31(28(33)37-20-24-13-7-4-8-14-24,29(34)38-21-25-15-9-5-10-16-25)30(35)39-22-26-17-11-6-12-18-26/h4-18H,2-3,19-22H2,1H3. The summed E-state index contributed by atoms with van der Waals surface area (Å²) in [5.41, 5.74) is -1.08. The van der Waals surface area contributed by atoms with Gasteiger partial charge in [-0.3, -0.25) is 14.4 Å². The topological polar surface area (TPSA) is 105 Å². The Balaban J connectivity index is 1.96. The van der Waals surface area contributed by atoms with Gasteiger partial charge >= 0.3 is 23.9 Å². The maximum Gasteiger partial charge on any atom is 0.335 e. The summed E-state index contributed by atoms with van der Waals surface area (Å²) in [7, 11) is 0. The lowest BCUT2D eigenvalue weighted by Crippen LogP contribution is -2.50. The number of esters is 4. The molecule has 3 aromatic carbocycles. The van der Waals surface area contributed by atoms with Crippen LogP contribution in [-0.2, 0) is 57.9 Å². The van der Waals surface area contributed by atoms with Crippen molar-refractivity contribution in [3.8, 4) is 0 Å². The molecule has 39 heavy (non-hydrogen) atoms. The number of carbonyl (C=O) groups is 4. The minimum atomic E-state index is -2.66. The molecule has 0 atom stereocenters. The van der Waals surface area contributed by atoms with Gasteiger partial charge in [0.25, 0.3) is 5.41 Å². The van der Waals surface area contributed by atoms with Gasteiger partial charge in [-0.25, -0.2) is 4.79 Å². The van der Waals surface area contributed by atoms with Gasteiger partial charge in [0, 0.05) is 12.0 Å². The quantitative estimate of drug-likeness (QED) is 0.135. The lowest BCUT2D eigenvalue weighted by atomic mass is 9.81. The second-order valence-electron chi connectivity index (χ2n) is 8.59. The molecule has 3 rings (SSSR count). The Bertz CT molecular complexity index is 1140. The first-order valence-electron chi connectivity index (χ1n) is 12.3. The molecule has 0 bridgehead atoms. The fourth-order valence-electron chi connectivity index (χ4n) is 3.63. The van der Waals surface area contributed by atoms with Crippen LogP contribution in [0.3, 0.4) is 0 Å². The van der Waals surface area contributed by atoms with Gasteiger partial charge in [-0.05, 0) is 23.6 Å². The molecular weight excluding hydrogens is 500 g/mol. The van der Waals surface area contributed by atoms with E-state index in [0.29, 0.717) is 16.7 Å². The Morgan fingerprint density at radius 1 is 0.590 bits per heavy atom. The molecule has 3 aromatic rings. The van der Waals surface area contributed by atoms with Crippen molar-refractivity contribution in [2.75, 3.05) is 6.61 Å². The van der Waals surface area contributed by atoms with E-state index < -0.39 is 35.7 Å². The summed E-state index contributed by atoms with van der Waals surface area (Å²) in [5, 5.41) is 0. The van der Waals surface area contributed by atoms with Crippen molar-refractivity contribution in [2.24, 2.45) is 5.41 Å². The van der Waals surface area contributed by atoms with Crippen LogP contribution in [0.1, 0.15) is 30.0 Å². The van der Waals surface area contributed by atoms with Crippen LogP contribution in [0.4, 0.5) is 0 Å². The van der Waals surface area contributed by atoms with Crippen molar-refractivity contribution in [1.29, 1.82) is 0 Å². The molecule has 0 N–H and O–H groups in total. The minimum Gasteiger partial charge on any atom is -0.463 e. The van der Waals surface area contributed by atoms with E-state index in [1.807, 2.05) is 0 Å². The molecule has 8 nitrogen and oxygen atoms in total. The normalized spacial score (nSPS) is 10.7. The average molecular weight is 531 g/mol. The predicted octanol–water partition coefficient (Wildman–Crippen LogP) is 4.71. The zero-order valence-electron chi connectivity index (χ0n) is 21.7. The molecule has 0 aliphatic heterocycles. The number of carbonyl (C=O) groups excluding carboxylic acids is 4. The van der Waals surface area contributed by atoms with E-state index in [0.717, 1.165) is 0 Å². The van der Waals surface area contributed by atoms with Crippen molar-refractivity contribution >= 4 is 23.9 Å². The van der Waals surface area contributed by atoms with Crippen LogP contribution in [0.15, 0.2) is 103 Å². The Kier molecular flexibility index (Phi) is 10.6. The van der Waals surface area contributed by atoms with E-state index in [4.69, 9.17) is 18.9 Å². The Morgan fingerprint density at radius 2 is 0.923 bits per heavy atom. The highest BCUT2D eigenvalue weighted by Gasteiger charge is 2.58. The molecule has 0 aliphatic carbocycles. The lowest BCUT2D eigenvalue weighted by Gasteiger charge is -2.28. The van der Waals surface area contributed by atoms with Crippen molar-refractivity contribution in [2.45, 2.75) is 33.2 Å². The van der Waals surface area contributed by atoms with E-state index in [2.05, 4.69) is 6.58 Å². The fraction of sp³-hybridized carbons (Fsp3) is 0.226. The molecule has 0 spiro atoms. The zero-order valence-corrected chi connectivity index (χ0v) is 21.7. The van der Waals surface area contributed by atoms with Crippen LogP contribution in [0, 0.1) is 5.41 Å². The third-order valence-corrected chi connectivity index (χ3v) is 5.73. The van der Waals surface area contributed by atoms with Crippen LogP contribution in [0.25, 0.3) is 0 Å². The molecule has 0 saturated carbocycles. The molecular formula is C31H30O8. The molecule has 0 aliphatic rings. The first kappa shape index (κ1) is 28.8. The van der Waals surface area contributed by atoms with Crippen molar-refractivity contribution in [3.05, 3.63) is 120 Å². The van der Waals surface area contributed by atoms with E-state index >= 15 is 0 Å². The van der Waals surface area contributed by atoms with Crippen LogP contribution in [-0.4, -0.2) is 30.5 Å². The van der Waals surface area contributed by atoms with Crippen molar-refractivity contribution in [1.82, 2.24) is 0 Å². The van der Waals surface area contributed by atoms with Gasteiger partial charge in [0.15, 0.2) is 0 Å². The van der Waals surface area contributed by atoms with Gasteiger partial charge < -0.3 is 18.9 Å². The second kappa shape index (κ2) is 14.3. The lowest BCUT2D eigenvalue weighted by molar-refractivity contribution is -0.186. The van der Waals surface area contributed by atoms with Crippen LogP contribution in [0.5, 0.6) is 0 Å². The number of rotatable bonds is 13. The minimum absolute atomic E-state index is 0.0280. The fourth-order valence-corrected chi connectivity index (χ4v) is 3.63. The van der Waals surface area contributed by atoms with Crippen LogP contribution >= 0.6 is 0 Å². The summed E-state index contributed by atoms with van der Waals surface area (Å²) in [6, 6.07) is 26.2. The largest absolute Gasteiger partial charge is 0.463 e. The van der Waals surface area contributed by atoms with Gasteiger partial charge in [0.05, 0.1) is 6.61 Å². The summed E-state index contributed by atoms with van der Waals surface area (Å²) in [4.78, 5) is 53.4. The van der Waals surface area contributed by atoms with E-state index in [1.165, 1.54) is 0 Å². The van der Waals surface area contributed by atoms with Crippen LogP contribution < -0.4 is 0 Å². The van der Waals surface area contributed by atoms with Gasteiger partial charge in [-0.2, -0.15) is 0 Å². The summed E-state index contributed by atoms with van der Waals surface area (Å²) in [5.74, 6) is -4.56. The van der Waals surface area contributed by atoms with Gasteiger partial charge in [-0.1, -0.05) is 97.6 Å². The molecule has 202 valence electrons. The maximum atomic E-state index is 13.6. The molecule has 0 saturated heterocycles. The third-order valence-electron chi connectivity index (χ3n) is 5.73. The number of hydrogen-bond donors (Lipinski definition) is 0. The summed E-state index contributed by atoms with van der Waals surface area (Å²) in [6.45, 7) is 4.59. The Labute approximate surface area is 227 Å². The predicted molar refractivity (Wildman–Crippen MR) is 142 cm³/mol. The molecule has 0 fully saturated rings. The Morgan fingerprint density at radius 3 is 1.23 bits per heavy atom. The van der Waals surface area contributed by atoms with Crippen molar-refractivity contribution in [3.63, 3.8) is 0 Å². The Hall–Kier alpha value is -4.72. The number of ether oxygens (including phenoxy) is 4. The van der Waals surface area contributed by atoms with Gasteiger partial charge in [0.2, 0.25) is 0 Å². The zero-order chi connectivity index (χ0) is 28.1. The first-order valence-corrected chi connectivity index (χ1v) is 12.3. The SMILES string of the molecule is C=C(CC(C(=O)OCc1ccccc1)(C(=O)OCc1ccccc1)C(=O)OCc1ccccc1)C(=O)OCC. The molecule has 0 unspecified atom stereocenters. The first-order chi connectivity index (χ1) is 18.9. The number of benzene rings is 3. The highest BCUT2D eigenvalue weighted by Crippen LogP contribution is 2.33. The van der Waals surface area contributed by atoms with E-state index in [1.54, 1.807) is 97.9 Å². The molecule has 0 radical (unpaired) electrons. The molecule has 0 amide bonds. The summed E-state index contributed by atoms with van der Waals surface area (Å²) in [6.07, 6.45) is -0.749. The van der Waals surface area contributed by atoms with E-state index in [9.17, 15) is 19.2 Å². The maximum absolute atomic E-state index is 13.6. The highest BCUT2D eigenvalue weighted by atomic mass is 16.6. The number of hydrogen-bond acceptors (Lipinski definition) is 8. The monoisotopic (exact) mass is 530 g/mol. The molecule has 0 heterocycles. The summed E-state index contributed by atoms with van der Waals surface area (Å²) >= 11 is 0. The average Bonchev–Trinajstić information content (AvgIpc) is 2.97. The van der Waals surface area contributed by atoms with Crippen LogP contribution in [0.2, 0.25) is 0 Å². The third kappa shape index (κ3) is 7.88. The van der Waals surface area contributed by atoms with Gasteiger partial charge in [0.1, 0.15) is 19.8 Å². The molecule has 8 heteroatoms. The second-order valence-corrected chi connectivity index (χ2v) is 8.59. The summed E-state index contributed by atoms with van der Waals surface area (Å²) < 4.78 is 21.3. The molecule has 0 aromatic heterocycles. The smallest absolute Gasteiger partial charge is 0.335 e.